The molecule has 0 amide bonds. The normalized spacial score (nSPS) is 5.83. The highest BCUT2D eigenvalue weighted by Gasteiger charge is 1.81. The minimum Gasteiger partial charge on any atom is -0.278 e. The molecule has 0 bridgehead atoms. The van der Waals surface area contributed by atoms with Crippen LogP contribution < -0.4 is 0 Å². The van der Waals surface area contributed by atoms with Crippen molar-refractivity contribution in [3.63, 3.8) is 0 Å². The molecule has 0 saturated carbocycles. The van der Waals surface area contributed by atoms with Crippen LogP contribution in [0.1, 0.15) is 0 Å². The maximum Gasteiger partial charge on any atom is 0.254 e. The van der Waals surface area contributed by atoms with Gasteiger partial charge < -0.3 is 0 Å². The predicted molar refractivity (Wildman–Crippen MR) is 20.8 cm³/mol. The molecule has 0 spiro atoms. The molecule has 0 unspecified atom stereocenters. The van der Waals surface area contributed by atoms with Crippen molar-refractivity contribution in [3.8, 4) is 6.07 Å². The third kappa shape index (κ3) is 1.24. The SMILES string of the molecule is C=CC(=O)C#N. The molecule has 0 radical (unpaired) electrons. The van der Waals surface area contributed by atoms with Gasteiger partial charge in [0.05, 0.1) is 0 Å². The molecule has 0 fully saturated rings. The van der Waals surface area contributed by atoms with E-state index in [1.807, 2.05) is 0 Å². The van der Waals surface area contributed by atoms with Crippen LogP contribution >= 0.6 is 0 Å². The van der Waals surface area contributed by atoms with Crippen LogP contribution in [0.25, 0.3) is 0 Å². The van der Waals surface area contributed by atoms with Crippen molar-refractivity contribution in [2.24, 2.45) is 0 Å². The lowest BCUT2D eigenvalue weighted by Gasteiger charge is -1.59. The average Bonchev–Trinajstić information content (AvgIpc) is 1.65. The zero-order valence-corrected chi connectivity index (χ0v) is 3.14. The number of carbonyl (C=O) groups is 1. The maximum absolute atomic E-state index is 9.70. The molecule has 0 N–H and O–H groups in total. The standard InChI is InChI=1S/C4H3NO/c1-2-4(6)3-5/h2H,1H2. The number of ketones is 1. The van der Waals surface area contributed by atoms with Crippen molar-refractivity contribution in [3.05, 3.63) is 12.7 Å². The number of hydrogen-bond acceptors (Lipinski definition) is 2. The first-order chi connectivity index (χ1) is 2.81. The Kier molecular flexibility index (Phi) is 1.76. The largest absolute Gasteiger partial charge is 0.278 e. The number of carbonyl (C=O) groups excluding carboxylic acids is 1. The van der Waals surface area contributed by atoms with Crippen LogP contribution in [0.15, 0.2) is 12.7 Å². The molecule has 0 aliphatic carbocycles. The highest BCUT2D eigenvalue weighted by molar-refractivity contribution is 6.01. The van der Waals surface area contributed by atoms with Crippen LogP contribution in [-0.4, -0.2) is 5.78 Å². The summed E-state index contributed by atoms with van der Waals surface area (Å²) in [7, 11) is 0. The summed E-state index contributed by atoms with van der Waals surface area (Å²) in [5, 5.41) is 7.66. The molecule has 0 aliphatic heterocycles. The summed E-state index contributed by atoms with van der Waals surface area (Å²) in [5.41, 5.74) is 0. The lowest BCUT2D eigenvalue weighted by atomic mass is 10.4. The Morgan fingerprint density at radius 3 is 2.50 bits per heavy atom. The fraction of sp³-hybridized carbons (Fsp3) is 0. The van der Waals surface area contributed by atoms with E-state index in [9.17, 15) is 4.79 Å². The second-order valence-corrected chi connectivity index (χ2v) is 0.680. The summed E-state index contributed by atoms with van der Waals surface area (Å²) in [5.74, 6) is -0.588. The molecule has 2 nitrogen and oxygen atoms in total. The monoisotopic (exact) mass is 81.0 g/mol. The Morgan fingerprint density at radius 2 is 2.50 bits per heavy atom. The fourth-order valence-corrected chi connectivity index (χ4v) is 0.0456. The van der Waals surface area contributed by atoms with Crippen LogP contribution in [0.3, 0.4) is 0 Å². The van der Waals surface area contributed by atoms with Gasteiger partial charge in [0.1, 0.15) is 6.07 Å². The third-order valence-corrected chi connectivity index (χ3v) is 0.296. The van der Waals surface area contributed by atoms with Gasteiger partial charge in [-0.2, -0.15) is 5.26 Å². The smallest absolute Gasteiger partial charge is 0.254 e. The minimum absolute atomic E-state index is 0.588. The number of nitriles is 1. The van der Waals surface area contributed by atoms with Gasteiger partial charge in [-0.3, -0.25) is 4.79 Å². The number of rotatable bonds is 1. The van der Waals surface area contributed by atoms with E-state index in [0.717, 1.165) is 6.08 Å². The Bertz CT molecular complexity index is 109. The van der Waals surface area contributed by atoms with Gasteiger partial charge in [0, 0.05) is 0 Å². The maximum atomic E-state index is 9.70. The Labute approximate surface area is 35.7 Å². The van der Waals surface area contributed by atoms with Crippen LogP contribution in [0.5, 0.6) is 0 Å². The highest BCUT2D eigenvalue weighted by Crippen LogP contribution is 1.62. The molecular weight excluding hydrogens is 78.1 g/mol. The van der Waals surface area contributed by atoms with Gasteiger partial charge in [-0.15, -0.1) is 0 Å². The molecule has 0 aromatic carbocycles. The quantitative estimate of drug-likeness (QED) is 0.335. The van der Waals surface area contributed by atoms with E-state index in [1.165, 1.54) is 6.07 Å². The molecule has 0 heterocycles. The third-order valence-electron chi connectivity index (χ3n) is 0.296. The molecular formula is C4H3NO. The summed E-state index contributed by atoms with van der Waals surface area (Å²) in [6.45, 7) is 3.06. The number of nitrogens with zero attached hydrogens (tertiary/aromatic N) is 1. The van der Waals surface area contributed by atoms with E-state index in [0.29, 0.717) is 0 Å². The summed E-state index contributed by atoms with van der Waals surface area (Å²) in [6, 6.07) is 1.36. The first kappa shape index (κ1) is 4.90. The van der Waals surface area contributed by atoms with E-state index >= 15 is 0 Å². The van der Waals surface area contributed by atoms with E-state index in [1.54, 1.807) is 0 Å². The van der Waals surface area contributed by atoms with Gasteiger partial charge in [0.15, 0.2) is 0 Å². The number of hydrogen-bond donors (Lipinski definition) is 0. The van der Waals surface area contributed by atoms with Gasteiger partial charge in [-0.25, -0.2) is 0 Å². The average molecular weight is 81.1 g/mol. The van der Waals surface area contributed by atoms with Crippen LogP contribution in [-0.2, 0) is 4.79 Å². The summed E-state index contributed by atoms with van der Waals surface area (Å²) in [6.07, 6.45) is 0.972. The van der Waals surface area contributed by atoms with Gasteiger partial charge in [0.2, 0.25) is 0 Å². The van der Waals surface area contributed by atoms with E-state index in [-0.39, 0.29) is 0 Å². The Hall–Kier alpha value is -1.10. The van der Waals surface area contributed by atoms with Crippen molar-refractivity contribution in [2.45, 2.75) is 0 Å². The van der Waals surface area contributed by atoms with Gasteiger partial charge in [0.25, 0.3) is 5.78 Å². The molecule has 0 rings (SSSR count). The van der Waals surface area contributed by atoms with Crippen LogP contribution in [0.2, 0.25) is 0 Å². The summed E-state index contributed by atoms with van der Waals surface area (Å²) < 4.78 is 0. The van der Waals surface area contributed by atoms with E-state index in [4.69, 9.17) is 5.26 Å². The summed E-state index contributed by atoms with van der Waals surface area (Å²) >= 11 is 0. The molecule has 30 valence electrons. The highest BCUT2D eigenvalue weighted by atomic mass is 16.1. The Morgan fingerprint density at radius 1 is 2.00 bits per heavy atom. The topological polar surface area (TPSA) is 40.9 Å². The molecule has 0 atom stereocenters. The molecule has 2 heteroatoms. The van der Waals surface area contributed by atoms with Gasteiger partial charge in [-0.1, -0.05) is 6.58 Å². The van der Waals surface area contributed by atoms with Gasteiger partial charge >= 0.3 is 0 Å². The first-order valence-corrected chi connectivity index (χ1v) is 1.37. The zero-order chi connectivity index (χ0) is 4.99. The van der Waals surface area contributed by atoms with Crippen molar-refractivity contribution in [1.29, 1.82) is 5.26 Å². The number of allylic oxidation sites excluding steroid dienone is 1. The van der Waals surface area contributed by atoms with E-state index in [2.05, 4.69) is 6.58 Å². The van der Waals surface area contributed by atoms with Gasteiger partial charge in [-0.05, 0) is 6.08 Å². The van der Waals surface area contributed by atoms with Crippen molar-refractivity contribution < 1.29 is 4.79 Å². The lowest BCUT2D eigenvalue weighted by molar-refractivity contribution is -0.109. The van der Waals surface area contributed by atoms with Crippen molar-refractivity contribution in [2.75, 3.05) is 0 Å². The predicted octanol–water partition coefficient (Wildman–Crippen LogP) is 0.265. The fourth-order valence-electron chi connectivity index (χ4n) is 0.0456. The second-order valence-electron chi connectivity index (χ2n) is 0.680. The van der Waals surface area contributed by atoms with Crippen molar-refractivity contribution >= 4 is 5.78 Å². The second kappa shape index (κ2) is 2.16. The Balaban J connectivity index is 3.63. The van der Waals surface area contributed by atoms with Crippen molar-refractivity contribution in [1.82, 2.24) is 0 Å². The minimum atomic E-state index is -0.588. The molecule has 0 saturated heterocycles. The lowest BCUT2D eigenvalue weighted by Crippen LogP contribution is -1.79. The molecule has 0 aromatic heterocycles. The summed E-state index contributed by atoms with van der Waals surface area (Å²) in [4.78, 5) is 9.70. The van der Waals surface area contributed by atoms with Crippen LogP contribution in [0.4, 0.5) is 0 Å². The van der Waals surface area contributed by atoms with E-state index < -0.39 is 5.78 Å². The molecule has 0 aliphatic rings. The molecule has 0 aromatic rings. The molecule has 6 heavy (non-hydrogen) atoms. The van der Waals surface area contributed by atoms with Crippen LogP contribution in [0, 0.1) is 11.3 Å². The zero-order valence-electron chi connectivity index (χ0n) is 3.14. The first-order valence-electron chi connectivity index (χ1n) is 1.37.